The van der Waals surface area contributed by atoms with Gasteiger partial charge in [0.05, 0.1) is 0 Å². The van der Waals surface area contributed by atoms with Crippen molar-refractivity contribution in [3.63, 3.8) is 0 Å². The Hall–Kier alpha value is 1.57. The molecular formula is C18H44ClO6P2Pd. The Balaban J connectivity index is 6.49. The zero-order valence-corrected chi connectivity index (χ0v) is 23.9. The van der Waals surface area contributed by atoms with E-state index in [9.17, 15) is 0 Å². The summed E-state index contributed by atoms with van der Waals surface area (Å²) in [6.07, 6.45) is -7.40. The van der Waals surface area contributed by atoms with Crippen LogP contribution in [0.25, 0.3) is 0 Å². The van der Waals surface area contributed by atoms with E-state index in [-0.39, 0.29) is 36.6 Å². The quantitative estimate of drug-likeness (QED) is 0.167. The third-order valence-electron chi connectivity index (χ3n) is 2.56. The molecule has 0 aromatic rings. The van der Waals surface area contributed by atoms with Crippen LogP contribution in [0.4, 0.5) is 0 Å². The van der Waals surface area contributed by atoms with Crippen molar-refractivity contribution in [2.24, 2.45) is 0 Å². The molecule has 0 N–H and O–H groups in total. The van der Waals surface area contributed by atoms with Crippen molar-refractivity contribution in [2.45, 2.75) is 120 Å². The normalized spacial score (nSPS) is 15.6. The Bertz CT molecular complexity index is 347. The fourth-order valence-electron chi connectivity index (χ4n) is 2.08. The number of hydrogen-bond acceptors (Lipinski definition) is 6. The maximum atomic E-state index is 7.28. The second-order valence-electron chi connectivity index (χ2n) is 8.09. The minimum absolute atomic E-state index is 0.115. The van der Waals surface area contributed by atoms with Crippen molar-refractivity contribution in [1.82, 2.24) is 0 Å². The van der Waals surface area contributed by atoms with Gasteiger partial charge in [0.25, 0.3) is 0 Å². The second kappa shape index (κ2) is 13.2. The van der Waals surface area contributed by atoms with Crippen LogP contribution in [0.1, 0.15) is 83.1 Å². The van der Waals surface area contributed by atoms with E-state index >= 15 is 0 Å². The molecule has 0 fully saturated rings. The molecule has 0 spiro atoms. The van der Waals surface area contributed by atoms with E-state index in [1.54, 1.807) is 0 Å². The molecular weight excluding hydrogens is 516 g/mol. The van der Waals surface area contributed by atoms with Gasteiger partial charge in [0, 0.05) is 0 Å². The first-order chi connectivity index (χ1) is 12.7. The van der Waals surface area contributed by atoms with Gasteiger partial charge in [-0.3, -0.25) is 0 Å². The summed E-state index contributed by atoms with van der Waals surface area (Å²) < 4.78 is 38.3. The molecule has 0 unspecified atom stereocenters. The Morgan fingerprint density at radius 1 is 0.429 bits per heavy atom. The van der Waals surface area contributed by atoms with Crippen molar-refractivity contribution in [2.75, 3.05) is 0 Å². The Kier molecular flexibility index (Phi) is 13.9. The van der Waals surface area contributed by atoms with Crippen LogP contribution >= 0.6 is 21.8 Å². The molecule has 0 aliphatic rings. The van der Waals surface area contributed by atoms with E-state index in [0.29, 0.717) is 0 Å². The van der Waals surface area contributed by atoms with E-state index in [1.165, 1.54) is 0 Å². The predicted octanol–water partition coefficient (Wildman–Crippen LogP) is 7.13. The third kappa shape index (κ3) is 10.3. The molecule has 10 heteroatoms. The fraction of sp³-hybridized carbons (Fsp3) is 1.00. The summed E-state index contributed by atoms with van der Waals surface area (Å²) in [6, 6.07) is 0. The van der Waals surface area contributed by atoms with Crippen LogP contribution in [0.2, 0.25) is 0 Å². The summed E-state index contributed by atoms with van der Waals surface area (Å²) in [5.41, 5.74) is 0. The van der Waals surface area contributed by atoms with Crippen molar-refractivity contribution < 1.29 is 41.9 Å². The summed E-state index contributed by atoms with van der Waals surface area (Å²) in [5, 5.41) is 0. The molecule has 28 heavy (non-hydrogen) atoms. The summed E-state index contributed by atoms with van der Waals surface area (Å²) >= 11 is -2.33. The van der Waals surface area contributed by atoms with Crippen molar-refractivity contribution in [3.8, 4) is 0 Å². The van der Waals surface area contributed by atoms with Gasteiger partial charge in [-0.2, -0.15) is 0 Å². The Morgan fingerprint density at radius 2 is 0.571 bits per heavy atom. The van der Waals surface area contributed by atoms with Gasteiger partial charge >= 0.3 is 183 Å². The van der Waals surface area contributed by atoms with Crippen LogP contribution in [-0.2, 0) is 41.9 Å². The van der Waals surface area contributed by atoms with Gasteiger partial charge in [0.1, 0.15) is 0 Å². The molecule has 179 valence electrons. The van der Waals surface area contributed by atoms with Crippen LogP contribution in [0, 0.1) is 0 Å². The van der Waals surface area contributed by atoms with Crippen molar-refractivity contribution >= 4 is 21.8 Å². The van der Waals surface area contributed by atoms with E-state index in [0.717, 1.165) is 0 Å². The topological polar surface area (TPSA) is 55.4 Å². The van der Waals surface area contributed by atoms with Gasteiger partial charge in [-0.25, -0.2) is 0 Å². The number of rotatable bonds is 14. The molecule has 0 radical (unpaired) electrons. The van der Waals surface area contributed by atoms with Crippen molar-refractivity contribution in [1.29, 1.82) is 0 Å². The third-order valence-corrected chi connectivity index (χ3v) is 28.0. The standard InChI is InChI=1S/2C9H22O3P.ClH.Pd/c2*1-7(2)10-13(11-8(3)4)12-9(5)6;;/h2*7-9,13H,1-6H3;1H;/q2*+1;;-1/p-1. The molecule has 0 rings (SSSR count). The van der Waals surface area contributed by atoms with Crippen LogP contribution in [0.3, 0.4) is 0 Å². The first-order valence-electron chi connectivity index (χ1n) is 10.0. The molecule has 0 aromatic heterocycles. The Labute approximate surface area is 183 Å². The number of hydrogen-bond donors (Lipinski definition) is 0. The molecule has 0 saturated carbocycles. The van der Waals surface area contributed by atoms with Gasteiger partial charge in [0.2, 0.25) is 0 Å². The molecule has 0 aliphatic carbocycles. The molecule has 6 nitrogen and oxygen atoms in total. The molecule has 0 amide bonds. The van der Waals surface area contributed by atoms with Crippen molar-refractivity contribution in [3.05, 3.63) is 0 Å². The Morgan fingerprint density at radius 3 is 0.679 bits per heavy atom. The van der Waals surface area contributed by atoms with Gasteiger partial charge in [-0.05, 0) is 0 Å². The summed E-state index contributed by atoms with van der Waals surface area (Å²) in [5.74, 6) is 0. The monoisotopic (exact) mass is 559 g/mol. The predicted molar refractivity (Wildman–Crippen MR) is 120 cm³/mol. The summed E-state index contributed by atoms with van der Waals surface area (Å²) in [4.78, 5) is 0. The van der Waals surface area contributed by atoms with Gasteiger partial charge < -0.3 is 0 Å². The average molecular weight is 560 g/mol. The van der Waals surface area contributed by atoms with E-state index < -0.39 is 27.0 Å². The first-order valence-corrected chi connectivity index (χ1v) is 19.8. The number of halogens is 1. The average Bonchev–Trinajstić information content (AvgIpc) is 2.41. The molecule has 0 heterocycles. The van der Waals surface area contributed by atoms with Gasteiger partial charge in [-0.15, -0.1) is 0 Å². The summed E-state index contributed by atoms with van der Waals surface area (Å²) in [6.45, 7) is 23.5. The van der Waals surface area contributed by atoms with Crippen LogP contribution in [0.15, 0.2) is 0 Å². The second-order valence-corrected chi connectivity index (χ2v) is 27.4. The van der Waals surface area contributed by atoms with Crippen LogP contribution in [-0.4, -0.2) is 36.6 Å². The molecule has 0 bridgehead atoms. The van der Waals surface area contributed by atoms with E-state index in [2.05, 4.69) is 0 Å². The SMILES string of the molecule is CC(C)O[PH](OC(C)C)(OC(C)C)[Pd]([Cl])[PH](OC(C)C)(OC(C)C)OC(C)C. The van der Waals surface area contributed by atoms with Gasteiger partial charge in [0.15, 0.2) is 0 Å². The van der Waals surface area contributed by atoms with E-state index in [4.69, 9.17) is 36.7 Å². The maximum absolute atomic E-state index is 7.28. The molecule has 0 aromatic carbocycles. The van der Waals surface area contributed by atoms with Gasteiger partial charge in [-0.1, -0.05) is 0 Å². The minimum atomic E-state index is -3.36. The first kappa shape index (κ1) is 29.6. The molecule has 0 saturated heterocycles. The zero-order valence-electron chi connectivity index (χ0n) is 19.6. The summed E-state index contributed by atoms with van der Waals surface area (Å²) in [7, 11) is 7.28. The zero-order chi connectivity index (χ0) is 22.3. The van der Waals surface area contributed by atoms with Crippen LogP contribution < -0.4 is 0 Å². The fourth-order valence-corrected chi connectivity index (χ4v) is 28.7. The molecule has 0 aliphatic heterocycles. The van der Waals surface area contributed by atoms with Crippen LogP contribution in [0.5, 0.6) is 0 Å². The van der Waals surface area contributed by atoms with E-state index in [1.807, 2.05) is 83.1 Å². The molecule has 0 atom stereocenters.